The molecule has 0 aliphatic heterocycles. The number of anilines is 1. The first-order valence-corrected chi connectivity index (χ1v) is 8.56. The quantitative estimate of drug-likeness (QED) is 0.421. The molecule has 3 aromatic rings. The Balaban J connectivity index is 2.03. The molecule has 0 saturated heterocycles. The second-order valence-electron chi connectivity index (χ2n) is 5.65. The van der Waals surface area contributed by atoms with Crippen LogP contribution in [0.5, 0.6) is 0 Å². The molecule has 7 nitrogen and oxygen atoms in total. The van der Waals surface area contributed by atoms with Crippen LogP contribution in [0, 0.1) is 10.1 Å². The van der Waals surface area contributed by atoms with Crippen molar-refractivity contribution >= 4 is 44.6 Å². The van der Waals surface area contributed by atoms with E-state index in [1.165, 1.54) is 4.52 Å². The molecule has 1 atom stereocenters. The third kappa shape index (κ3) is 4.14. The van der Waals surface area contributed by atoms with Crippen LogP contribution in [0.2, 0.25) is 5.28 Å². The summed E-state index contributed by atoms with van der Waals surface area (Å²) in [6, 6.07) is 3.41. The molecule has 0 saturated carbocycles. The maximum absolute atomic E-state index is 13.1. The van der Waals surface area contributed by atoms with E-state index in [2.05, 4.69) is 31.3 Å². The van der Waals surface area contributed by atoms with Crippen molar-refractivity contribution in [2.24, 2.45) is 0 Å². The molecule has 27 heavy (non-hydrogen) atoms. The Hall–Kier alpha value is -2.40. The highest BCUT2D eigenvalue weighted by Gasteiger charge is 2.33. The maximum Gasteiger partial charge on any atom is 0.416 e. The number of rotatable bonds is 4. The molecule has 0 aliphatic rings. The van der Waals surface area contributed by atoms with E-state index in [1.807, 2.05) is 0 Å². The molecule has 12 heteroatoms. The lowest BCUT2D eigenvalue weighted by Crippen LogP contribution is -2.13. The number of nitro benzene ring substituents is 1. The lowest BCUT2D eigenvalue weighted by atomic mass is 10.0. The molecule has 2 aromatic heterocycles. The SMILES string of the molecule is C[C@@H](Nc1nc(Cl)nn2cc(Br)cc12)c1cc([N+](=O)[O-])cc(C(F)(F)F)c1. The number of halogens is 5. The van der Waals surface area contributed by atoms with Crippen LogP contribution in [0.25, 0.3) is 5.52 Å². The molecule has 0 amide bonds. The van der Waals surface area contributed by atoms with Crippen LogP contribution in [0.15, 0.2) is 34.9 Å². The van der Waals surface area contributed by atoms with Crippen molar-refractivity contribution in [3.8, 4) is 0 Å². The highest BCUT2D eigenvalue weighted by atomic mass is 79.9. The molecule has 0 spiro atoms. The van der Waals surface area contributed by atoms with Gasteiger partial charge >= 0.3 is 6.18 Å². The molecule has 3 rings (SSSR count). The molecule has 0 fully saturated rings. The van der Waals surface area contributed by atoms with E-state index < -0.39 is 28.4 Å². The van der Waals surface area contributed by atoms with Crippen molar-refractivity contribution in [1.29, 1.82) is 0 Å². The zero-order valence-electron chi connectivity index (χ0n) is 13.5. The topological polar surface area (TPSA) is 85.4 Å². The summed E-state index contributed by atoms with van der Waals surface area (Å²) in [4.78, 5) is 14.2. The first-order chi connectivity index (χ1) is 12.5. The third-order valence-corrected chi connectivity index (χ3v) is 4.33. The minimum atomic E-state index is -4.71. The van der Waals surface area contributed by atoms with Gasteiger partial charge in [0.25, 0.3) is 5.69 Å². The largest absolute Gasteiger partial charge is 0.416 e. The lowest BCUT2D eigenvalue weighted by molar-refractivity contribution is -0.385. The van der Waals surface area contributed by atoms with Crippen LogP contribution >= 0.6 is 27.5 Å². The van der Waals surface area contributed by atoms with Gasteiger partial charge in [-0.2, -0.15) is 18.2 Å². The number of nitrogens with zero attached hydrogens (tertiary/aromatic N) is 4. The normalized spacial score (nSPS) is 13.0. The van der Waals surface area contributed by atoms with Gasteiger partial charge in [0.05, 0.1) is 16.5 Å². The van der Waals surface area contributed by atoms with Gasteiger partial charge in [-0.3, -0.25) is 10.1 Å². The molecule has 0 aliphatic carbocycles. The number of hydrogen-bond donors (Lipinski definition) is 1. The molecular formula is C15H10BrClF3N5O2. The Bertz CT molecular complexity index is 1040. The van der Waals surface area contributed by atoms with Gasteiger partial charge in [-0.15, -0.1) is 5.10 Å². The fourth-order valence-corrected chi connectivity index (χ4v) is 3.07. The van der Waals surface area contributed by atoms with Gasteiger partial charge < -0.3 is 5.32 Å². The second kappa shape index (κ2) is 6.97. The van der Waals surface area contributed by atoms with E-state index in [4.69, 9.17) is 11.6 Å². The summed E-state index contributed by atoms with van der Waals surface area (Å²) in [6.45, 7) is 1.56. The number of hydrogen-bond acceptors (Lipinski definition) is 5. The van der Waals surface area contributed by atoms with E-state index in [0.29, 0.717) is 16.1 Å². The summed E-state index contributed by atoms with van der Waals surface area (Å²) in [5, 5.41) is 17.8. The van der Waals surface area contributed by atoms with Gasteiger partial charge in [0, 0.05) is 22.8 Å². The van der Waals surface area contributed by atoms with Crippen LogP contribution in [-0.4, -0.2) is 19.5 Å². The monoisotopic (exact) mass is 463 g/mol. The molecule has 1 aromatic carbocycles. The van der Waals surface area contributed by atoms with Crippen molar-refractivity contribution in [3.05, 3.63) is 61.5 Å². The summed E-state index contributed by atoms with van der Waals surface area (Å²) in [6.07, 6.45) is -3.08. The van der Waals surface area contributed by atoms with Crippen molar-refractivity contribution in [3.63, 3.8) is 0 Å². The number of alkyl halides is 3. The fraction of sp³-hybridized carbons (Fsp3) is 0.200. The average molecular weight is 465 g/mol. The van der Waals surface area contributed by atoms with Gasteiger partial charge in [0.1, 0.15) is 5.52 Å². The van der Waals surface area contributed by atoms with E-state index in [1.54, 1.807) is 19.2 Å². The summed E-state index contributed by atoms with van der Waals surface area (Å²) in [7, 11) is 0. The minimum absolute atomic E-state index is 0.0738. The molecule has 0 radical (unpaired) electrons. The predicted octanol–water partition coefficient (Wildman–Crippen LogP) is 5.25. The number of nitrogens with one attached hydrogen (secondary N) is 1. The number of aromatic nitrogens is 3. The van der Waals surface area contributed by atoms with E-state index in [9.17, 15) is 23.3 Å². The smallest absolute Gasteiger partial charge is 0.362 e. The first-order valence-electron chi connectivity index (χ1n) is 7.39. The van der Waals surface area contributed by atoms with Crippen LogP contribution in [0.4, 0.5) is 24.7 Å². The zero-order valence-corrected chi connectivity index (χ0v) is 15.8. The maximum atomic E-state index is 13.1. The van der Waals surface area contributed by atoms with E-state index in [0.717, 1.165) is 12.1 Å². The van der Waals surface area contributed by atoms with E-state index in [-0.39, 0.29) is 16.7 Å². The molecular weight excluding hydrogens is 455 g/mol. The molecule has 142 valence electrons. The average Bonchev–Trinajstić information content (AvgIpc) is 2.93. The molecule has 2 heterocycles. The number of fused-ring (bicyclic) bond motifs is 1. The number of benzene rings is 1. The van der Waals surface area contributed by atoms with Gasteiger partial charge in [-0.25, -0.2) is 4.52 Å². The Morgan fingerprint density at radius 3 is 2.67 bits per heavy atom. The summed E-state index contributed by atoms with van der Waals surface area (Å²) < 4.78 is 41.4. The summed E-state index contributed by atoms with van der Waals surface area (Å²) in [5.74, 6) is 0.272. The number of non-ortho nitro benzene ring substituents is 1. The van der Waals surface area contributed by atoms with Gasteiger partial charge in [-0.1, -0.05) is 0 Å². The summed E-state index contributed by atoms with van der Waals surface area (Å²) >= 11 is 9.17. The van der Waals surface area contributed by atoms with Gasteiger partial charge in [0.2, 0.25) is 5.28 Å². The van der Waals surface area contributed by atoms with Crippen molar-refractivity contribution in [2.75, 3.05) is 5.32 Å². The summed E-state index contributed by atoms with van der Waals surface area (Å²) in [5.41, 5.74) is -1.14. The Morgan fingerprint density at radius 2 is 2.04 bits per heavy atom. The minimum Gasteiger partial charge on any atom is -0.362 e. The van der Waals surface area contributed by atoms with Gasteiger partial charge in [-0.05, 0) is 52.2 Å². The zero-order chi connectivity index (χ0) is 19.9. The van der Waals surface area contributed by atoms with Crippen molar-refractivity contribution in [2.45, 2.75) is 19.1 Å². The van der Waals surface area contributed by atoms with Crippen LogP contribution in [0.3, 0.4) is 0 Å². The number of nitro groups is 1. The van der Waals surface area contributed by atoms with Crippen molar-refractivity contribution < 1.29 is 18.1 Å². The highest BCUT2D eigenvalue weighted by Crippen LogP contribution is 2.35. The fourth-order valence-electron chi connectivity index (χ4n) is 2.49. The third-order valence-electron chi connectivity index (χ3n) is 3.74. The lowest BCUT2D eigenvalue weighted by Gasteiger charge is -2.17. The second-order valence-corrected chi connectivity index (χ2v) is 6.91. The molecule has 0 bridgehead atoms. The first kappa shape index (κ1) is 19.4. The molecule has 0 unspecified atom stereocenters. The Morgan fingerprint density at radius 1 is 1.33 bits per heavy atom. The Labute approximate surface area is 163 Å². The van der Waals surface area contributed by atoms with E-state index >= 15 is 0 Å². The standard InChI is InChI=1S/C15H10BrClF3N5O2/c1-7(8-2-9(15(18,19)20)4-11(3-8)25(26)27)21-13-12-5-10(16)6-24(12)23-14(17)22-13/h2-7H,1H3,(H,21,22,23)/t7-/m1/s1. The predicted molar refractivity (Wildman–Crippen MR) is 95.8 cm³/mol. The van der Waals surface area contributed by atoms with Crippen LogP contribution in [-0.2, 0) is 6.18 Å². The van der Waals surface area contributed by atoms with Crippen LogP contribution in [0.1, 0.15) is 24.1 Å². The molecule has 1 N–H and O–H groups in total. The Kier molecular flexibility index (Phi) is 5.00. The van der Waals surface area contributed by atoms with Crippen molar-refractivity contribution in [1.82, 2.24) is 14.6 Å². The van der Waals surface area contributed by atoms with Crippen LogP contribution < -0.4 is 5.32 Å². The highest BCUT2D eigenvalue weighted by molar-refractivity contribution is 9.10. The van der Waals surface area contributed by atoms with Gasteiger partial charge in [0.15, 0.2) is 5.82 Å².